The number of nitrogens with one attached hydrogen (secondary N) is 2. The van der Waals surface area contributed by atoms with Crippen LogP contribution in [-0.4, -0.2) is 50.4 Å². The Morgan fingerprint density at radius 2 is 1.81 bits per heavy atom. The summed E-state index contributed by atoms with van der Waals surface area (Å²) in [6.45, 7) is 6.88. The third-order valence-corrected chi connectivity index (χ3v) is 2.55. The topological polar surface area (TPSA) is 103 Å². The van der Waals surface area contributed by atoms with Crippen molar-refractivity contribution in [3.63, 3.8) is 0 Å². The molecule has 0 aliphatic carbocycles. The van der Waals surface area contributed by atoms with Crippen LogP contribution in [0.4, 0.5) is 4.79 Å². The number of rotatable bonds is 9. The number of methoxy groups -OCH3 is 1. The number of carbonyl (C=O) groups is 2. The molecule has 0 heterocycles. The maximum absolute atomic E-state index is 11.6. The highest BCUT2D eigenvalue weighted by Crippen LogP contribution is 2.06. The summed E-state index contributed by atoms with van der Waals surface area (Å²) in [6, 6.07) is -0.525. The highest BCUT2D eigenvalue weighted by atomic mass is 16.6. The molecule has 0 aromatic heterocycles. The van der Waals surface area contributed by atoms with Gasteiger partial charge in [0.25, 0.3) is 0 Å². The van der Waals surface area contributed by atoms with Gasteiger partial charge >= 0.3 is 6.09 Å². The zero-order valence-electron chi connectivity index (χ0n) is 13.5. The highest BCUT2D eigenvalue weighted by molar-refractivity contribution is 5.81. The molecule has 0 saturated heterocycles. The number of amides is 2. The molecular weight excluding hydrogens is 274 g/mol. The second kappa shape index (κ2) is 10.4. The summed E-state index contributed by atoms with van der Waals surface area (Å²) in [6.07, 6.45) is 1.66. The molecule has 0 fully saturated rings. The van der Waals surface area contributed by atoms with E-state index in [4.69, 9.17) is 15.2 Å². The number of ether oxygens (including phenoxy) is 2. The Morgan fingerprint density at radius 1 is 1.14 bits per heavy atom. The van der Waals surface area contributed by atoms with E-state index in [1.807, 2.05) is 20.8 Å². The molecule has 21 heavy (non-hydrogen) atoms. The normalized spacial score (nSPS) is 12.6. The third kappa shape index (κ3) is 12.1. The standard InChI is InChI=1S/C14H29N3O4/c1-14(2,3)21-13(19)17-8-6-5-7-11(15)12(18)16-9-10-20-4/h11H,5-10,15H2,1-4H3,(H,16,18)(H,17,19)/t11-/m0/s1. The van der Waals surface area contributed by atoms with Gasteiger partial charge in [-0.2, -0.15) is 0 Å². The van der Waals surface area contributed by atoms with Crippen LogP contribution < -0.4 is 16.4 Å². The minimum atomic E-state index is -0.525. The van der Waals surface area contributed by atoms with Crippen molar-refractivity contribution in [1.29, 1.82) is 0 Å². The van der Waals surface area contributed by atoms with Crippen LogP contribution in [0.25, 0.3) is 0 Å². The zero-order valence-corrected chi connectivity index (χ0v) is 13.5. The number of hydrogen-bond donors (Lipinski definition) is 3. The van der Waals surface area contributed by atoms with Crippen molar-refractivity contribution in [3.8, 4) is 0 Å². The molecule has 7 heteroatoms. The average Bonchev–Trinajstić information content (AvgIpc) is 2.36. The van der Waals surface area contributed by atoms with E-state index < -0.39 is 17.7 Å². The quantitative estimate of drug-likeness (QED) is 0.546. The Morgan fingerprint density at radius 3 is 2.38 bits per heavy atom. The van der Waals surface area contributed by atoms with Gasteiger partial charge in [-0.15, -0.1) is 0 Å². The SMILES string of the molecule is COCCNC(=O)[C@@H](N)CCCCNC(=O)OC(C)(C)C. The number of nitrogens with two attached hydrogens (primary N) is 1. The maximum atomic E-state index is 11.6. The molecule has 0 aromatic rings. The van der Waals surface area contributed by atoms with Crippen molar-refractivity contribution in [2.45, 2.75) is 51.7 Å². The van der Waals surface area contributed by atoms with Gasteiger partial charge in [0.1, 0.15) is 5.60 Å². The third-order valence-electron chi connectivity index (χ3n) is 2.55. The maximum Gasteiger partial charge on any atom is 0.407 e. The fourth-order valence-electron chi connectivity index (χ4n) is 1.53. The van der Waals surface area contributed by atoms with Crippen molar-refractivity contribution in [1.82, 2.24) is 10.6 Å². The van der Waals surface area contributed by atoms with Crippen molar-refractivity contribution in [2.75, 3.05) is 26.8 Å². The second-order valence-electron chi connectivity index (χ2n) is 5.81. The molecule has 0 radical (unpaired) electrons. The molecule has 0 rings (SSSR count). The molecule has 0 saturated carbocycles. The van der Waals surface area contributed by atoms with Crippen molar-refractivity contribution in [3.05, 3.63) is 0 Å². The number of hydrogen-bond acceptors (Lipinski definition) is 5. The molecule has 0 unspecified atom stereocenters. The minimum absolute atomic E-state index is 0.174. The van der Waals surface area contributed by atoms with Crippen LogP contribution in [0, 0.1) is 0 Å². The molecule has 0 bridgehead atoms. The van der Waals surface area contributed by atoms with E-state index in [9.17, 15) is 9.59 Å². The lowest BCUT2D eigenvalue weighted by atomic mass is 10.1. The van der Waals surface area contributed by atoms with Crippen LogP contribution in [-0.2, 0) is 14.3 Å². The van der Waals surface area contributed by atoms with E-state index in [1.165, 1.54) is 0 Å². The molecule has 4 N–H and O–H groups in total. The van der Waals surface area contributed by atoms with Crippen LogP contribution in [0.5, 0.6) is 0 Å². The van der Waals surface area contributed by atoms with Gasteiger partial charge < -0.3 is 25.8 Å². The molecule has 0 spiro atoms. The van der Waals surface area contributed by atoms with E-state index >= 15 is 0 Å². The number of alkyl carbamates (subject to hydrolysis) is 1. The smallest absolute Gasteiger partial charge is 0.407 e. The lowest BCUT2D eigenvalue weighted by Gasteiger charge is -2.19. The molecule has 124 valence electrons. The van der Waals surface area contributed by atoms with Crippen LogP contribution in [0.1, 0.15) is 40.0 Å². The molecule has 0 aromatic carbocycles. The summed E-state index contributed by atoms with van der Waals surface area (Å²) in [4.78, 5) is 22.9. The number of unbranched alkanes of at least 4 members (excludes halogenated alkanes) is 1. The Balaban J connectivity index is 3.62. The molecular formula is C14H29N3O4. The molecule has 0 aliphatic rings. The molecule has 1 atom stereocenters. The summed E-state index contributed by atoms with van der Waals surface area (Å²) in [5, 5.41) is 5.35. The van der Waals surface area contributed by atoms with Gasteiger partial charge in [0.05, 0.1) is 12.6 Å². The predicted octanol–water partition coefficient (Wildman–Crippen LogP) is 0.771. The first-order chi connectivity index (χ1) is 9.76. The van der Waals surface area contributed by atoms with Gasteiger partial charge in [-0.05, 0) is 40.0 Å². The lowest BCUT2D eigenvalue weighted by Crippen LogP contribution is -2.41. The van der Waals surface area contributed by atoms with E-state index in [0.717, 1.165) is 12.8 Å². The van der Waals surface area contributed by atoms with Gasteiger partial charge in [0.15, 0.2) is 0 Å². The monoisotopic (exact) mass is 303 g/mol. The van der Waals surface area contributed by atoms with E-state index in [-0.39, 0.29) is 5.91 Å². The molecule has 2 amide bonds. The summed E-state index contributed by atoms with van der Waals surface area (Å²) in [5.41, 5.74) is 5.27. The van der Waals surface area contributed by atoms with Crippen LogP contribution in [0.15, 0.2) is 0 Å². The summed E-state index contributed by atoms with van der Waals surface area (Å²) >= 11 is 0. The first-order valence-electron chi connectivity index (χ1n) is 7.25. The minimum Gasteiger partial charge on any atom is -0.444 e. The van der Waals surface area contributed by atoms with Crippen molar-refractivity contribution in [2.24, 2.45) is 5.73 Å². The van der Waals surface area contributed by atoms with Crippen LogP contribution in [0.2, 0.25) is 0 Å². The van der Waals surface area contributed by atoms with E-state index in [0.29, 0.717) is 26.1 Å². The number of carbonyl (C=O) groups excluding carboxylic acids is 2. The Hall–Kier alpha value is -1.34. The van der Waals surface area contributed by atoms with Gasteiger partial charge in [-0.25, -0.2) is 4.79 Å². The summed E-state index contributed by atoms with van der Waals surface area (Å²) in [7, 11) is 1.57. The lowest BCUT2D eigenvalue weighted by molar-refractivity contribution is -0.122. The largest absolute Gasteiger partial charge is 0.444 e. The van der Waals surface area contributed by atoms with Crippen molar-refractivity contribution >= 4 is 12.0 Å². The fraction of sp³-hybridized carbons (Fsp3) is 0.857. The first-order valence-corrected chi connectivity index (χ1v) is 7.25. The van der Waals surface area contributed by atoms with E-state index in [2.05, 4.69) is 10.6 Å². The fourth-order valence-corrected chi connectivity index (χ4v) is 1.53. The average molecular weight is 303 g/mol. The Bertz CT molecular complexity index is 316. The molecule has 7 nitrogen and oxygen atoms in total. The predicted molar refractivity (Wildman–Crippen MR) is 80.9 cm³/mol. The van der Waals surface area contributed by atoms with Gasteiger partial charge in [-0.1, -0.05) is 0 Å². The van der Waals surface area contributed by atoms with E-state index in [1.54, 1.807) is 7.11 Å². The summed E-state index contributed by atoms with van der Waals surface area (Å²) in [5.74, 6) is -0.174. The van der Waals surface area contributed by atoms with Crippen molar-refractivity contribution < 1.29 is 19.1 Å². The first kappa shape index (κ1) is 19.7. The summed E-state index contributed by atoms with van der Waals surface area (Å²) < 4.78 is 9.94. The van der Waals surface area contributed by atoms with Gasteiger partial charge in [0.2, 0.25) is 5.91 Å². The zero-order chi connectivity index (χ0) is 16.3. The molecule has 0 aliphatic heterocycles. The van der Waals surface area contributed by atoms with Gasteiger partial charge in [0, 0.05) is 20.2 Å². The highest BCUT2D eigenvalue weighted by Gasteiger charge is 2.15. The Labute approximate surface area is 126 Å². The Kier molecular flexibility index (Phi) is 9.73. The van der Waals surface area contributed by atoms with Crippen LogP contribution in [0.3, 0.4) is 0 Å². The van der Waals surface area contributed by atoms with Gasteiger partial charge in [-0.3, -0.25) is 4.79 Å². The van der Waals surface area contributed by atoms with Crippen LogP contribution >= 0.6 is 0 Å². The second-order valence-corrected chi connectivity index (χ2v) is 5.81.